The molecule has 0 saturated heterocycles. The highest BCUT2D eigenvalue weighted by Crippen LogP contribution is 2.06. The maximum atomic E-state index is 11.5. The quantitative estimate of drug-likeness (QED) is 0.764. The van der Waals surface area contributed by atoms with Crippen LogP contribution in [-0.2, 0) is 16.0 Å². The number of carbonyl (C=O) groups excluding carboxylic acids is 1. The van der Waals surface area contributed by atoms with Gasteiger partial charge in [-0.2, -0.15) is 0 Å². The zero-order valence-electron chi connectivity index (χ0n) is 12.0. The van der Waals surface area contributed by atoms with Crippen LogP contribution in [0.4, 0.5) is 0 Å². The summed E-state index contributed by atoms with van der Waals surface area (Å²) in [6.45, 7) is 6.35. The number of ether oxygens (including phenoxy) is 1. The summed E-state index contributed by atoms with van der Waals surface area (Å²) >= 11 is 0. The standard InChI is InChI=1S/C15H24N2O2/c1-15(2,3)19-14(18)11-17-10-13(16)9-12-7-5-4-6-8-12/h4-8,13,17H,9-11,16H2,1-3H3. The first-order valence-electron chi connectivity index (χ1n) is 6.59. The van der Waals surface area contributed by atoms with Gasteiger partial charge >= 0.3 is 5.97 Å². The fourth-order valence-electron chi connectivity index (χ4n) is 1.73. The SMILES string of the molecule is CC(C)(C)OC(=O)CNCC(N)Cc1ccccc1. The smallest absolute Gasteiger partial charge is 0.320 e. The summed E-state index contributed by atoms with van der Waals surface area (Å²) in [6.07, 6.45) is 0.794. The Balaban J connectivity index is 2.21. The maximum absolute atomic E-state index is 11.5. The molecule has 4 nitrogen and oxygen atoms in total. The third kappa shape index (κ3) is 7.59. The molecule has 0 saturated carbocycles. The number of nitrogens with two attached hydrogens (primary N) is 1. The molecule has 1 atom stereocenters. The maximum Gasteiger partial charge on any atom is 0.320 e. The number of hydrogen-bond donors (Lipinski definition) is 2. The molecule has 1 rings (SSSR count). The van der Waals surface area contributed by atoms with Gasteiger partial charge in [0.1, 0.15) is 5.60 Å². The van der Waals surface area contributed by atoms with E-state index in [2.05, 4.69) is 5.32 Å². The number of nitrogens with one attached hydrogen (secondary N) is 1. The third-order valence-corrected chi connectivity index (χ3v) is 2.44. The van der Waals surface area contributed by atoms with Crippen molar-refractivity contribution in [1.29, 1.82) is 0 Å². The minimum absolute atomic E-state index is 0.00941. The molecule has 0 heterocycles. The van der Waals surface area contributed by atoms with Gasteiger partial charge < -0.3 is 15.8 Å². The van der Waals surface area contributed by atoms with Crippen molar-refractivity contribution in [2.24, 2.45) is 5.73 Å². The number of hydrogen-bond acceptors (Lipinski definition) is 4. The van der Waals surface area contributed by atoms with Crippen LogP contribution in [-0.4, -0.2) is 30.7 Å². The van der Waals surface area contributed by atoms with Gasteiger partial charge in [0.15, 0.2) is 0 Å². The molecule has 0 spiro atoms. The zero-order chi connectivity index (χ0) is 14.3. The molecular formula is C15H24N2O2. The van der Waals surface area contributed by atoms with Crippen molar-refractivity contribution in [2.45, 2.75) is 38.8 Å². The van der Waals surface area contributed by atoms with E-state index >= 15 is 0 Å². The van der Waals surface area contributed by atoms with Gasteiger partial charge in [0.05, 0.1) is 6.54 Å². The third-order valence-electron chi connectivity index (χ3n) is 2.44. The van der Waals surface area contributed by atoms with E-state index in [0.29, 0.717) is 6.54 Å². The molecule has 1 unspecified atom stereocenters. The normalized spacial score (nSPS) is 13.1. The van der Waals surface area contributed by atoms with Crippen molar-refractivity contribution >= 4 is 5.97 Å². The van der Waals surface area contributed by atoms with Crippen molar-refractivity contribution in [3.05, 3.63) is 35.9 Å². The summed E-state index contributed by atoms with van der Waals surface area (Å²) in [5.74, 6) is -0.251. The summed E-state index contributed by atoms with van der Waals surface area (Å²) in [5.41, 5.74) is 6.77. The first-order chi connectivity index (χ1) is 8.87. The van der Waals surface area contributed by atoms with Crippen LogP contribution in [0.15, 0.2) is 30.3 Å². The van der Waals surface area contributed by atoms with Crippen LogP contribution < -0.4 is 11.1 Å². The summed E-state index contributed by atoms with van der Waals surface area (Å²) < 4.78 is 5.20. The van der Waals surface area contributed by atoms with Gasteiger partial charge in [-0.1, -0.05) is 30.3 Å². The van der Waals surface area contributed by atoms with Gasteiger partial charge in [-0.15, -0.1) is 0 Å². The van der Waals surface area contributed by atoms with Crippen molar-refractivity contribution in [2.75, 3.05) is 13.1 Å². The molecule has 0 fully saturated rings. The lowest BCUT2D eigenvalue weighted by Crippen LogP contribution is -2.39. The van der Waals surface area contributed by atoms with E-state index < -0.39 is 5.60 Å². The Morgan fingerprint density at radius 3 is 2.53 bits per heavy atom. The second-order valence-corrected chi connectivity index (χ2v) is 5.67. The molecule has 4 heteroatoms. The van der Waals surface area contributed by atoms with Crippen LogP contribution in [0.2, 0.25) is 0 Å². The van der Waals surface area contributed by atoms with Crippen LogP contribution >= 0.6 is 0 Å². The fourth-order valence-corrected chi connectivity index (χ4v) is 1.73. The largest absolute Gasteiger partial charge is 0.459 e. The fraction of sp³-hybridized carbons (Fsp3) is 0.533. The Morgan fingerprint density at radius 1 is 1.32 bits per heavy atom. The summed E-state index contributed by atoms with van der Waals surface area (Å²) in [7, 11) is 0. The average Bonchev–Trinajstić information content (AvgIpc) is 2.27. The Morgan fingerprint density at radius 2 is 1.95 bits per heavy atom. The summed E-state index contributed by atoms with van der Waals surface area (Å²) in [4.78, 5) is 11.5. The molecule has 0 aliphatic carbocycles. The molecule has 0 aromatic heterocycles. The zero-order valence-corrected chi connectivity index (χ0v) is 12.0. The van der Waals surface area contributed by atoms with Gasteiger partial charge in [-0.05, 0) is 32.8 Å². The second kappa shape index (κ2) is 7.26. The van der Waals surface area contributed by atoms with Crippen LogP contribution in [0.3, 0.4) is 0 Å². The number of benzene rings is 1. The van der Waals surface area contributed by atoms with Crippen LogP contribution in [0.25, 0.3) is 0 Å². The predicted octanol–water partition coefficient (Wildman–Crippen LogP) is 1.49. The number of rotatable bonds is 6. The molecule has 106 valence electrons. The van der Waals surface area contributed by atoms with E-state index in [4.69, 9.17) is 10.5 Å². The van der Waals surface area contributed by atoms with Crippen molar-refractivity contribution < 1.29 is 9.53 Å². The van der Waals surface area contributed by atoms with E-state index in [9.17, 15) is 4.79 Å². The lowest BCUT2D eigenvalue weighted by Gasteiger charge is -2.20. The molecular weight excluding hydrogens is 240 g/mol. The molecule has 1 aromatic carbocycles. The minimum atomic E-state index is -0.440. The Hall–Kier alpha value is -1.39. The topological polar surface area (TPSA) is 64.3 Å². The van der Waals surface area contributed by atoms with E-state index in [1.54, 1.807) is 0 Å². The van der Waals surface area contributed by atoms with E-state index in [1.165, 1.54) is 5.56 Å². The molecule has 19 heavy (non-hydrogen) atoms. The van der Waals surface area contributed by atoms with Gasteiger partial charge in [0.2, 0.25) is 0 Å². The Bertz CT molecular complexity index is 385. The van der Waals surface area contributed by atoms with E-state index in [0.717, 1.165) is 6.42 Å². The molecule has 0 aliphatic rings. The Labute approximate surface area is 115 Å². The summed E-state index contributed by atoms with van der Waals surface area (Å²) in [6, 6.07) is 10.1. The van der Waals surface area contributed by atoms with Gasteiger partial charge in [0, 0.05) is 12.6 Å². The highest BCUT2D eigenvalue weighted by Gasteiger charge is 2.15. The Kier molecular flexibility index (Phi) is 5.99. The van der Waals surface area contributed by atoms with Crippen molar-refractivity contribution in [3.8, 4) is 0 Å². The van der Waals surface area contributed by atoms with Gasteiger partial charge in [-0.3, -0.25) is 4.79 Å². The van der Waals surface area contributed by atoms with Crippen molar-refractivity contribution in [1.82, 2.24) is 5.32 Å². The first-order valence-corrected chi connectivity index (χ1v) is 6.59. The van der Waals surface area contributed by atoms with Crippen molar-refractivity contribution in [3.63, 3.8) is 0 Å². The number of carbonyl (C=O) groups is 1. The van der Waals surface area contributed by atoms with Crippen LogP contribution in [0.5, 0.6) is 0 Å². The molecule has 0 amide bonds. The monoisotopic (exact) mass is 264 g/mol. The van der Waals surface area contributed by atoms with Crippen LogP contribution in [0, 0.1) is 0 Å². The number of esters is 1. The van der Waals surface area contributed by atoms with Crippen LogP contribution in [0.1, 0.15) is 26.3 Å². The molecule has 3 N–H and O–H groups in total. The summed E-state index contributed by atoms with van der Waals surface area (Å²) in [5, 5.41) is 3.03. The highest BCUT2D eigenvalue weighted by atomic mass is 16.6. The molecule has 1 aromatic rings. The van der Waals surface area contributed by atoms with Gasteiger partial charge in [-0.25, -0.2) is 0 Å². The second-order valence-electron chi connectivity index (χ2n) is 5.67. The average molecular weight is 264 g/mol. The minimum Gasteiger partial charge on any atom is -0.459 e. The molecule has 0 aliphatic heterocycles. The first kappa shape index (κ1) is 15.7. The van der Waals surface area contributed by atoms with Gasteiger partial charge in [0.25, 0.3) is 0 Å². The molecule has 0 radical (unpaired) electrons. The lowest BCUT2D eigenvalue weighted by molar-refractivity contribution is -0.153. The van der Waals surface area contributed by atoms with E-state index in [1.807, 2.05) is 51.1 Å². The highest BCUT2D eigenvalue weighted by molar-refractivity contribution is 5.72. The van der Waals surface area contributed by atoms with E-state index in [-0.39, 0.29) is 18.6 Å². The lowest BCUT2D eigenvalue weighted by atomic mass is 10.1. The predicted molar refractivity (Wildman–Crippen MR) is 76.8 cm³/mol. The molecule has 0 bridgehead atoms.